The van der Waals surface area contributed by atoms with E-state index in [9.17, 15) is 4.79 Å². The van der Waals surface area contributed by atoms with E-state index in [4.69, 9.17) is 4.74 Å². The lowest BCUT2D eigenvalue weighted by atomic mass is 9.85. The van der Waals surface area contributed by atoms with E-state index in [-0.39, 0.29) is 11.7 Å². The Labute approximate surface area is 110 Å². The van der Waals surface area contributed by atoms with Crippen LogP contribution in [0.25, 0.3) is 0 Å². The van der Waals surface area contributed by atoms with E-state index < -0.39 is 0 Å². The molecule has 2 rings (SSSR count). The Balaban J connectivity index is 1.87. The Morgan fingerprint density at radius 1 is 1.28 bits per heavy atom. The highest BCUT2D eigenvalue weighted by Crippen LogP contribution is 2.28. The Morgan fingerprint density at radius 3 is 2.67 bits per heavy atom. The molecule has 1 N–H and O–H groups in total. The van der Waals surface area contributed by atoms with Gasteiger partial charge in [0.2, 0.25) is 0 Å². The summed E-state index contributed by atoms with van der Waals surface area (Å²) in [4.78, 5) is 14.0. The molecule has 0 unspecified atom stereocenters. The zero-order valence-electron chi connectivity index (χ0n) is 11.9. The standard InChI is InChI=1S/C14H26N2O2/c1-14(2,3)18-13(17)16-8-4-5-12(10-16)11-6-7-15-9-11/h11-12,15H,4-10H2,1-3H3/t11-,12+/m1/s1. The van der Waals surface area contributed by atoms with Gasteiger partial charge >= 0.3 is 6.09 Å². The average molecular weight is 254 g/mol. The number of nitrogens with zero attached hydrogens (tertiary/aromatic N) is 1. The first kappa shape index (κ1) is 13.7. The summed E-state index contributed by atoms with van der Waals surface area (Å²) in [5, 5.41) is 3.42. The average Bonchev–Trinajstić information content (AvgIpc) is 2.80. The Hall–Kier alpha value is -0.770. The van der Waals surface area contributed by atoms with Crippen LogP contribution in [-0.2, 0) is 4.74 Å². The third kappa shape index (κ3) is 3.61. The SMILES string of the molecule is CC(C)(C)OC(=O)N1CCC[C@H]([C@@H]2CCNC2)C1. The van der Waals surface area contributed by atoms with Gasteiger partial charge in [0, 0.05) is 13.1 Å². The number of hydrogen-bond donors (Lipinski definition) is 1. The number of amides is 1. The van der Waals surface area contributed by atoms with Crippen molar-refractivity contribution in [2.24, 2.45) is 11.8 Å². The molecule has 4 nitrogen and oxygen atoms in total. The number of carbonyl (C=O) groups excluding carboxylic acids is 1. The second kappa shape index (κ2) is 5.47. The van der Waals surface area contributed by atoms with Gasteiger partial charge in [-0.15, -0.1) is 0 Å². The molecule has 1 amide bonds. The van der Waals surface area contributed by atoms with Crippen molar-refractivity contribution in [1.29, 1.82) is 0 Å². The molecule has 0 bridgehead atoms. The van der Waals surface area contributed by atoms with Gasteiger partial charge in [0.15, 0.2) is 0 Å². The predicted molar refractivity (Wildman–Crippen MR) is 71.5 cm³/mol. The summed E-state index contributed by atoms with van der Waals surface area (Å²) < 4.78 is 5.46. The van der Waals surface area contributed by atoms with Crippen LogP contribution in [0.3, 0.4) is 0 Å². The number of rotatable bonds is 1. The van der Waals surface area contributed by atoms with Gasteiger partial charge in [-0.3, -0.25) is 0 Å². The van der Waals surface area contributed by atoms with E-state index in [1.54, 1.807) is 0 Å². The fraction of sp³-hybridized carbons (Fsp3) is 0.929. The largest absolute Gasteiger partial charge is 0.444 e. The second-order valence-corrected chi connectivity index (χ2v) is 6.58. The molecule has 0 radical (unpaired) electrons. The van der Waals surface area contributed by atoms with Crippen LogP contribution in [0, 0.1) is 11.8 Å². The Bertz CT molecular complexity index is 293. The van der Waals surface area contributed by atoms with Crippen molar-refractivity contribution in [2.75, 3.05) is 26.2 Å². The fourth-order valence-electron chi connectivity index (χ4n) is 2.97. The smallest absolute Gasteiger partial charge is 0.410 e. The van der Waals surface area contributed by atoms with Crippen LogP contribution in [0.15, 0.2) is 0 Å². The monoisotopic (exact) mass is 254 g/mol. The lowest BCUT2D eigenvalue weighted by Gasteiger charge is -2.36. The van der Waals surface area contributed by atoms with Crippen LogP contribution >= 0.6 is 0 Å². The number of nitrogens with one attached hydrogen (secondary N) is 1. The first-order valence-corrected chi connectivity index (χ1v) is 7.14. The summed E-state index contributed by atoms with van der Waals surface area (Å²) in [5.41, 5.74) is -0.390. The van der Waals surface area contributed by atoms with Crippen molar-refractivity contribution in [3.05, 3.63) is 0 Å². The number of carbonyl (C=O) groups is 1. The maximum Gasteiger partial charge on any atom is 0.410 e. The maximum absolute atomic E-state index is 12.1. The molecule has 2 heterocycles. The molecule has 2 aliphatic rings. The zero-order valence-corrected chi connectivity index (χ0v) is 11.9. The molecular weight excluding hydrogens is 228 g/mol. The molecule has 2 fully saturated rings. The quantitative estimate of drug-likeness (QED) is 0.780. The summed E-state index contributed by atoms with van der Waals surface area (Å²) >= 11 is 0. The van der Waals surface area contributed by atoms with Crippen LogP contribution in [0.2, 0.25) is 0 Å². The first-order chi connectivity index (χ1) is 8.46. The topological polar surface area (TPSA) is 41.6 Å². The molecule has 18 heavy (non-hydrogen) atoms. The minimum Gasteiger partial charge on any atom is -0.444 e. The fourth-order valence-corrected chi connectivity index (χ4v) is 2.97. The van der Waals surface area contributed by atoms with Crippen molar-refractivity contribution in [3.8, 4) is 0 Å². The predicted octanol–water partition coefficient (Wildman–Crippen LogP) is 2.24. The number of likely N-dealkylation sites (tertiary alicyclic amines) is 1. The van der Waals surface area contributed by atoms with Gasteiger partial charge < -0.3 is 15.0 Å². The number of ether oxygens (including phenoxy) is 1. The summed E-state index contributed by atoms with van der Waals surface area (Å²) in [7, 11) is 0. The van der Waals surface area contributed by atoms with Crippen LogP contribution < -0.4 is 5.32 Å². The van der Waals surface area contributed by atoms with Crippen LogP contribution in [0.5, 0.6) is 0 Å². The van der Waals surface area contributed by atoms with E-state index in [0.29, 0.717) is 5.92 Å². The second-order valence-electron chi connectivity index (χ2n) is 6.58. The summed E-state index contributed by atoms with van der Waals surface area (Å²) in [6.07, 6.45) is 3.48. The third-order valence-corrected chi connectivity index (χ3v) is 3.87. The van der Waals surface area contributed by atoms with Crippen molar-refractivity contribution < 1.29 is 9.53 Å². The molecule has 2 aliphatic heterocycles. The molecule has 0 aromatic heterocycles. The minimum absolute atomic E-state index is 0.141. The molecule has 2 atom stereocenters. The van der Waals surface area contributed by atoms with Gasteiger partial charge in [-0.05, 0) is 65.0 Å². The van der Waals surface area contributed by atoms with E-state index in [2.05, 4.69) is 5.32 Å². The highest BCUT2D eigenvalue weighted by Gasteiger charge is 2.32. The first-order valence-electron chi connectivity index (χ1n) is 7.14. The van der Waals surface area contributed by atoms with E-state index in [1.165, 1.54) is 12.8 Å². The van der Waals surface area contributed by atoms with Gasteiger partial charge in [-0.25, -0.2) is 4.79 Å². The zero-order chi connectivity index (χ0) is 13.2. The van der Waals surface area contributed by atoms with Crippen LogP contribution in [0.1, 0.15) is 40.0 Å². The van der Waals surface area contributed by atoms with Crippen molar-refractivity contribution in [3.63, 3.8) is 0 Å². The summed E-state index contributed by atoms with van der Waals surface area (Å²) in [6, 6.07) is 0. The highest BCUT2D eigenvalue weighted by atomic mass is 16.6. The Morgan fingerprint density at radius 2 is 2.06 bits per heavy atom. The van der Waals surface area contributed by atoms with Crippen molar-refractivity contribution >= 4 is 6.09 Å². The molecule has 4 heteroatoms. The van der Waals surface area contributed by atoms with Crippen molar-refractivity contribution in [2.45, 2.75) is 45.6 Å². The van der Waals surface area contributed by atoms with Gasteiger partial charge in [-0.1, -0.05) is 0 Å². The van der Waals surface area contributed by atoms with Crippen LogP contribution in [-0.4, -0.2) is 42.8 Å². The van der Waals surface area contributed by atoms with E-state index >= 15 is 0 Å². The normalized spacial score (nSPS) is 29.4. The number of hydrogen-bond acceptors (Lipinski definition) is 3. The molecule has 0 saturated carbocycles. The van der Waals surface area contributed by atoms with E-state index in [0.717, 1.165) is 38.5 Å². The van der Waals surface area contributed by atoms with Gasteiger partial charge in [0.25, 0.3) is 0 Å². The van der Waals surface area contributed by atoms with E-state index in [1.807, 2.05) is 25.7 Å². The molecule has 2 saturated heterocycles. The van der Waals surface area contributed by atoms with Crippen LogP contribution in [0.4, 0.5) is 4.79 Å². The number of piperidine rings is 1. The molecule has 0 spiro atoms. The lowest BCUT2D eigenvalue weighted by Crippen LogP contribution is -2.44. The maximum atomic E-state index is 12.1. The molecule has 0 aromatic carbocycles. The molecule has 104 valence electrons. The minimum atomic E-state index is -0.390. The molecule has 0 aromatic rings. The highest BCUT2D eigenvalue weighted by molar-refractivity contribution is 5.68. The van der Waals surface area contributed by atoms with Crippen molar-refractivity contribution in [1.82, 2.24) is 10.2 Å². The van der Waals surface area contributed by atoms with Gasteiger partial charge in [-0.2, -0.15) is 0 Å². The van der Waals surface area contributed by atoms with Gasteiger partial charge in [0.05, 0.1) is 0 Å². The lowest BCUT2D eigenvalue weighted by molar-refractivity contribution is 0.0135. The van der Waals surface area contributed by atoms with Gasteiger partial charge in [0.1, 0.15) is 5.60 Å². The summed E-state index contributed by atoms with van der Waals surface area (Å²) in [5.74, 6) is 1.40. The third-order valence-electron chi connectivity index (χ3n) is 3.87. The Kier molecular flexibility index (Phi) is 4.15. The summed E-state index contributed by atoms with van der Waals surface area (Å²) in [6.45, 7) is 9.75. The molecule has 0 aliphatic carbocycles. The molecular formula is C14H26N2O2.